The monoisotopic (exact) mass is 155 g/mol. The third-order valence-electron chi connectivity index (χ3n) is 2.55. The third kappa shape index (κ3) is 0.818. The lowest BCUT2D eigenvalue weighted by Crippen LogP contribution is -2.55. The molecular formula is C7H9NO3. The Kier molecular flexibility index (Phi) is 1.19. The highest BCUT2D eigenvalue weighted by molar-refractivity contribution is 5.84. The average molecular weight is 155 g/mol. The van der Waals surface area contributed by atoms with Gasteiger partial charge in [-0.15, -0.1) is 0 Å². The van der Waals surface area contributed by atoms with Crippen molar-refractivity contribution in [3.05, 3.63) is 0 Å². The zero-order valence-electron chi connectivity index (χ0n) is 5.99. The van der Waals surface area contributed by atoms with E-state index in [0.29, 0.717) is 25.3 Å². The molecule has 1 amide bonds. The molecule has 0 aromatic carbocycles. The van der Waals surface area contributed by atoms with Crippen molar-refractivity contribution < 1.29 is 14.7 Å². The first-order valence-corrected chi connectivity index (χ1v) is 3.70. The molecule has 0 aromatic heterocycles. The van der Waals surface area contributed by atoms with Gasteiger partial charge in [0, 0.05) is 31.3 Å². The topological polar surface area (TPSA) is 57.6 Å². The van der Waals surface area contributed by atoms with Gasteiger partial charge >= 0.3 is 6.09 Å². The molecule has 0 bridgehead atoms. The lowest BCUT2D eigenvalue weighted by molar-refractivity contribution is -0.117. The van der Waals surface area contributed by atoms with Crippen LogP contribution in [0.25, 0.3) is 0 Å². The van der Waals surface area contributed by atoms with Gasteiger partial charge in [0.15, 0.2) is 0 Å². The maximum absolute atomic E-state index is 10.9. The van der Waals surface area contributed by atoms with Gasteiger partial charge in [-0.05, 0) is 0 Å². The van der Waals surface area contributed by atoms with Crippen molar-refractivity contribution in [3.8, 4) is 0 Å². The number of amides is 1. The molecule has 0 radical (unpaired) electrons. The number of Topliss-reactive ketones (excluding diaryl/α,β-unsaturated/α-hetero) is 1. The zero-order valence-corrected chi connectivity index (χ0v) is 5.99. The largest absolute Gasteiger partial charge is 0.465 e. The first kappa shape index (κ1) is 6.64. The first-order valence-electron chi connectivity index (χ1n) is 3.70. The maximum Gasteiger partial charge on any atom is 0.407 e. The van der Waals surface area contributed by atoms with Crippen molar-refractivity contribution >= 4 is 11.9 Å². The van der Waals surface area contributed by atoms with Crippen LogP contribution in [0, 0.1) is 5.92 Å². The van der Waals surface area contributed by atoms with Crippen molar-refractivity contribution in [3.63, 3.8) is 0 Å². The second kappa shape index (κ2) is 1.96. The fraction of sp³-hybridized carbons (Fsp3) is 0.714. The zero-order chi connectivity index (χ0) is 8.01. The molecule has 2 atom stereocenters. The second-order valence-corrected chi connectivity index (χ2v) is 3.21. The smallest absolute Gasteiger partial charge is 0.407 e. The summed E-state index contributed by atoms with van der Waals surface area (Å²) in [6, 6.07) is 0.0139. The minimum atomic E-state index is -0.888. The minimum Gasteiger partial charge on any atom is -0.465 e. The Morgan fingerprint density at radius 3 is 2.82 bits per heavy atom. The Morgan fingerprint density at radius 2 is 2.27 bits per heavy atom. The second-order valence-electron chi connectivity index (χ2n) is 3.21. The lowest BCUT2D eigenvalue weighted by atomic mass is 9.93. The van der Waals surface area contributed by atoms with Crippen LogP contribution in [0.3, 0.4) is 0 Å². The van der Waals surface area contributed by atoms with Crippen LogP contribution in [0.4, 0.5) is 4.79 Å². The molecule has 1 aliphatic carbocycles. The highest BCUT2D eigenvalue weighted by Gasteiger charge is 2.47. The SMILES string of the molecule is O=C1CC2CN(C(=O)O)C2C1. The molecule has 2 fully saturated rings. The predicted molar refractivity (Wildman–Crippen MR) is 36.2 cm³/mol. The Bertz CT molecular complexity index is 226. The van der Waals surface area contributed by atoms with Gasteiger partial charge < -0.3 is 10.0 Å². The number of hydrogen-bond acceptors (Lipinski definition) is 2. The number of ketones is 1. The van der Waals surface area contributed by atoms with Crippen LogP contribution in [-0.2, 0) is 4.79 Å². The van der Waals surface area contributed by atoms with E-state index >= 15 is 0 Å². The fourth-order valence-electron chi connectivity index (χ4n) is 1.93. The van der Waals surface area contributed by atoms with Crippen LogP contribution in [0.15, 0.2) is 0 Å². The van der Waals surface area contributed by atoms with Gasteiger partial charge in [0.05, 0.1) is 0 Å². The highest BCUT2D eigenvalue weighted by atomic mass is 16.4. The van der Waals surface area contributed by atoms with Crippen LogP contribution in [0.2, 0.25) is 0 Å². The number of carbonyl (C=O) groups is 2. The molecule has 1 aliphatic heterocycles. The van der Waals surface area contributed by atoms with Crippen LogP contribution in [-0.4, -0.2) is 34.5 Å². The van der Waals surface area contributed by atoms with Gasteiger partial charge in [0.2, 0.25) is 0 Å². The summed E-state index contributed by atoms with van der Waals surface area (Å²) in [7, 11) is 0. The minimum absolute atomic E-state index is 0.0139. The molecule has 2 aliphatic rings. The van der Waals surface area contributed by atoms with Crippen molar-refractivity contribution in [2.75, 3.05) is 6.54 Å². The summed E-state index contributed by atoms with van der Waals surface area (Å²) in [6.45, 7) is 0.561. The van der Waals surface area contributed by atoms with Crippen molar-refractivity contribution in [2.45, 2.75) is 18.9 Å². The number of nitrogens with zero attached hydrogens (tertiary/aromatic N) is 1. The van der Waals surface area contributed by atoms with Gasteiger partial charge in [-0.25, -0.2) is 4.79 Å². The van der Waals surface area contributed by atoms with Crippen LogP contribution >= 0.6 is 0 Å². The van der Waals surface area contributed by atoms with Crippen molar-refractivity contribution in [2.24, 2.45) is 5.92 Å². The van der Waals surface area contributed by atoms with E-state index in [1.54, 1.807) is 0 Å². The molecule has 0 spiro atoms. The molecule has 1 heterocycles. The Labute approximate surface area is 63.8 Å². The van der Waals surface area contributed by atoms with Crippen LogP contribution in [0.5, 0.6) is 0 Å². The molecule has 4 nitrogen and oxygen atoms in total. The molecule has 1 saturated carbocycles. The normalized spacial score (nSPS) is 34.9. The van der Waals surface area contributed by atoms with Gasteiger partial charge in [-0.1, -0.05) is 0 Å². The van der Waals surface area contributed by atoms with Gasteiger partial charge in [0.1, 0.15) is 5.78 Å². The molecule has 4 heteroatoms. The number of carbonyl (C=O) groups excluding carboxylic acids is 1. The molecule has 2 rings (SSSR count). The van der Waals surface area contributed by atoms with Gasteiger partial charge in [-0.2, -0.15) is 0 Å². The van der Waals surface area contributed by atoms with E-state index in [-0.39, 0.29) is 11.8 Å². The van der Waals surface area contributed by atoms with E-state index in [0.717, 1.165) is 0 Å². The number of carboxylic acid groups (broad SMARTS) is 1. The standard InChI is InChI=1S/C7H9NO3/c9-5-1-4-3-8(7(10)11)6(4)2-5/h4,6H,1-3H2,(H,10,11). The summed E-state index contributed by atoms with van der Waals surface area (Å²) in [4.78, 5) is 22.7. The maximum atomic E-state index is 10.9. The van der Waals surface area contributed by atoms with Crippen LogP contribution in [0.1, 0.15) is 12.8 Å². The summed E-state index contributed by atoms with van der Waals surface area (Å²) in [5.41, 5.74) is 0. The van der Waals surface area contributed by atoms with Gasteiger partial charge in [-0.3, -0.25) is 4.79 Å². The summed E-state index contributed by atoms with van der Waals surface area (Å²) in [6.07, 6.45) is 0.145. The quantitative estimate of drug-likeness (QED) is 0.548. The average Bonchev–Trinajstić information content (AvgIpc) is 2.13. The summed E-state index contributed by atoms with van der Waals surface area (Å²) in [5, 5.41) is 8.58. The summed E-state index contributed by atoms with van der Waals surface area (Å²) < 4.78 is 0. The summed E-state index contributed by atoms with van der Waals surface area (Å²) >= 11 is 0. The molecule has 11 heavy (non-hydrogen) atoms. The molecule has 0 aromatic rings. The number of fused-ring (bicyclic) bond motifs is 1. The van der Waals surface area contributed by atoms with Crippen LogP contribution < -0.4 is 0 Å². The van der Waals surface area contributed by atoms with E-state index in [9.17, 15) is 9.59 Å². The predicted octanol–water partition coefficient (Wildman–Crippen LogP) is 0.328. The molecule has 60 valence electrons. The number of hydrogen-bond donors (Lipinski definition) is 1. The van der Waals surface area contributed by atoms with E-state index < -0.39 is 6.09 Å². The van der Waals surface area contributed by atoms with E-state index in [1.807, 2.05) is 0 Å². The van der Waals surface area contributed by atoms with Crippen molar-refractivity contribution in [1.82, 2.24) is 4.90 Å². The molecule has 2 unspecified atom stereocenters. The number of rotatable bonds is 0. The van der Waals surface area contributed by atoms with Gasteiger partial charge in [0.25, 0.3) is 0 Å². The lowest BCUT2D eigenvalue weighted by Gasteiger charge is -2.41. The summed E-state index contributed by atoms with van der Waals surface area (Å²) in [5.74, 6) is 0.544. The first-order chi connectivity index (χ1) is 5.18. The third-order valence-corrected chi connectivity index (χ3v) is 2.55. The van der Waals surface area contributed by atoms with Crippen molar-refractivity contribution in [1.29, 1.82) is 0 Å². The van der Waals surface area contributed by atoms with E-state index in [1.165, 1.54) is 4.90 Å². The molecule has 1 saturated heterocycles. The Morgan fingerprint density at radius 1 is 1.55 bits per heavy atom. The molecule has 1 N–H and O–H groups in total. The van der Waals surface area contributed by atoms with E-state index in [2.05, 4.69) is 0 Å². The Balaban J connectivity index is 2.05. The van der Waals surface area contributed by atoms with E-state index in [4.69, 9.17) is 5.11 Å². The number of likely N-dealkylation sites (tertiary alicyclic amines) is 1. The molecular weight excluding hydrogens is 146 g/mol. The fourth-order valence-corrected chi connectivity index (χ4v) is 1.93. The highest BCUT2D eigenvalue weighted by Crippen LogP contribution is 2.36. The Hall–Kier alpha value is -1.06.